The van der Waals surface area contributed by atoms with Gasteiger partial charge in [-0.15, -0.1) is 0 Å². The number of imidazole rings is 1. The van der Waals surface area contributed by atoms with Gasteiger partial charge in [-0.1, -0.05) is 6.07 Å². The molecule has 0 fully saturated rings. The van der Waals surface area contributed by atoms with Gasteiger partial charge in [0.05, 0.1) is 18.5 Å². The first-order chi connectivity index (χ1) is 11.7. The van der Waals surface area contributed by atoms with E-state index >= 15 is 0 Å². The topological polar surface area (TPSA) is 67.7 Å². The fourth-order valence-electron chi connectivity index (χ4n) is 2.35. The fraction of sp³-hybridized carbons (Fsp3) is 0.176. The van der Waals surface area contributed by atoms with Crippen molar-refractivity contribution in [3.63, 3.8) is 0 Å². The van der Waals surface area contributed by atoms with E-state index in [0.717, 1.165) is 11.3 Å². The molecule has 2 heterocycles. The van der Waals surface area contributed by atoms with E-state index in [2.05, 4.69) is 15.6 Å². The van der Waals surface area contributed by atoms with Crippen LogP contribution in [-0.4, -0.2) is 29.1 Å². The average Bonchev–Trinajstić information content (AvgIpc) is 2.99. The Hall–Kier alpha value is -3.09. The number of anilines is 1. The number of fused-ring (bicyclic) bond motifs is 1. The third-order valence-electron chi connectivity index (χ3n) is 3.49. The molecule has 0 saturated carbocycles. The van der Waals surface area contributed by atoms with E-state index < -0.39 is 5.82 Å². The molecule has 3 aromatic rings. The summed E-state index contributed by atoms with van der Waals surface area (Å²) < 4.78 is 20.1. The number of aromatic nitrogens is 2. The number of rotatable bonds is 5. The summed E-state index contributed by atoms with van der Waals surface area (Å²) in [7, 11) is 1.42. The molecule has 124 valence electrons. The van der Waals surface area contributed by atoms with E-state index in [-0.39, 0.29) is 11.8 Å². The fourth-order valence-corrected chi connectivity index (χ4v) is 2.35. The van der Waals surface area contributed by atoms with E-state index in [4.69, 9.17) is 4.74 Å². The second-order valence-corrected chi connectivity index (χ2v) is 5.17. The van der Waals surface area contributed by atoms with Crippen LogP contribution in [0.15, 0.2) is 48.8 Å². The van der Waals surface area contributed by atoms with Gasteiger partial charge < -0.3 is 19.8 Å². The van der Waals surface area contributed by atoms with Crippen molar-refractivity contribution in [2.24, 2.45) is 0 Å². The van der Waals surface area contributed by atoms with Crippen molar-refractivity contribution in [2.75, 3.05) is 19.0 Å². The van der Waals surface area contributed by atoms with Crippen LogP contribution in [0.1, 0.15) is 5.69 Å². The van der Waals surface area contributed by atoms with Crippen LogP contribution in [-0.2, 0) is 6.42 Å². The molecule has 24 heavy (non-hydrogen) atoms. The first-order valence-corrected chi connectivity index (χ1v) is 7.47. The molecule has 0 aliphatic rings. The Labute approximate surface area is 138 Å². The van der Waals surface area contributed by atoms with Crippen LogP contribution < -0.4 is 15.4 Å². The van der Waals surface area contributed by atoms with Gasteiger partial charge >= 0.3 is 6.03 Å². The van der Waals surface area contributed by atoms with Gasteiger partial charge in [0.1, 0.15) is 17.2 Å². The van der Waals surface area contributed by atoms with E-state index in [1.54, 1.807) is 0 Å². The average molecular weight is 328 g/mol. The molecule has 0 aliphatic heterocycles. The summed E-state index contributed by atoms with van der Waals surface area (Å²) in [4.78, 5) is 16.4. The molecular weight excluding hydrogens is 311 g/mol. The Balaban J connectivity index is 1.54. The highest BCUT2D eigenvalue weighted by molar-refractivity contribution is 5.90. The molecular formula is C17H17FN4O2. The second-order valence-electron chi connectivity index (χ2n) is 5.17. The van der Waals surface area contributed by atoms with Gasteiger partial charge in [0.2, 0.25) is 0 Å². The molecule has 0 atom stereocenters. The first kappa shape index (κ1) is 15.8. The van der Waals surface area contributed by atoms with Gasteiger partial charge in [-0.05, 0) is 24.3 Å². The summed E-state index contributed by atoms with van der Waals surface area (Å²) in [6.45, 7) is 0.430. The lowest BCUT2D eigenvalue weighted by Crippen LogP contribution is -2.30. The summed E-state index contributed by atoms with van der Waals surface area (Å²) >= 11 is 0. The number of pyridine rings is 1. The van der Waals surface area contributed by atoms with Gasteiger partial charge in [-0.3, -0.25) is 0 Å². The van der Waals surface area contributed by atoms with Crippen LogP contribution in [0.5, 0.6) is 5.75 Å². The third kappa shape index (κ3) is 3.62. The van der Waals surface area contributed by atoms with E-state index in [1.807, 2.05) is 35.0 Å². The quantitative estimate of drug-likeness (QED) is 0.757. The normalized spacial score (nSPS) is 10.6. The van der Waals surface area contributed by atoms with E-state index in [9.17, 15) is 9.18 Å². The minimum absolute atomic E-state index is 0.269. The molecule has 0 radical (unpaired) electrons. The lowest BCUT2D eigenvalue weighted by Gasteiger charge is -2.10. The maximum Gasteiger partial charge on any atom is 0.319 e. The van der Waals surface area contributed by atoms with Gasteiger partial charge in [0.15, 0.2) is 0 Å². The number of carbonyl (C=O) groups excluding carboxylic acids is 1. The van der Waals surface area contributed by atoms with Crippen LogP contribution in [0.4, 0.5) is 14.9 Å². The van der Waals surface area contributed by atoms with Crippen molar-refractivity contribution in [1.82, 2.24) is 14.7 Å². The zero-order valence-corrected chi connectivity index (χ0v) is 13.1. The number of halogens is 1. The molecule has 0 aliphatic carbocycles. The highest BCUT2D eigenvalue weighted by Crippen LogP contribution is 2.24. The Morgan fingerprint density at radius 2 is 2.21 bits per heavy atom. The number of urea groups is 1. The minimum Gasteiger partial charge on any atom is -0.494 e. The van der Waals surface area contributed by atoms with Crippen molar-refractivity contribution in [3.05, 3.63) is 60.3 Å². The third-order valence-corrected chi connectivity index (χ3v) is 3.49. The van der Waals surface area contributed by atoms with Crippen molar-refractivity contribution in [2.45, 2.75) is 6.42 Å². The zero-order chi connectivity index (χ0) is 16.9. The maximum atomic E-state index is 13.1. The van der Waals surface area contributed by atoms with Crippen molar-refractivity contribution in [3.8, 4) is 5.75 Å². The molecule has 1 aromatic carbocycles. The Morgan fingerprint density at radius 1 is 1.33 bits per heavy atom. The molecule has 2 aromatic heterocycles. The van der Waals surface area contributed by atoms with Gasteiger partial charge in [-0.25, -0.2) is 14.2 Å². The predicted molar refractivity (Wildman–Crippen MR) is 88.9 cm³/mol. The van der Waals surface area contributed by atoms with Crippen molar-refractivity contribution in [1.29, 1.82) is 0 Å². The molecule has 0 unspecified atom stereocenters. The largest absolute Gasteiger partial charge is 0.494 e. The maximum absolute atomic E-state index is 13.1. The van der Waals surface area contributed by atoms with Gasteiger partial charge in [0.25, 0.3) is 0 Å². The number of nitrogens with zero attached hydrogens (tertiary/aromatic N) is 2. The van der Waals surface area contributed by atoms with Crippen molar-refractivity contribution < 1.29 is 13.9 Å². The second kappa shape index (κ2) is 6.99. The number of amides is 2. The highest BCUT2D eigenvalue weighted by Gasteiger charge is 2.08. The minimum atomic E-state index is -0.426. The standard InChI is InChI=1S/C17H17FN4O2/c1-24-15-10-12(18)5-6-14(15)21-17(23)19-8-7-13-11-22-9-3-2-4-16(22)20-13/h2-6,9-11H,7-8H2,1H3,(H2,19,21,23). The molecule has 0 bridgehead atoms. The van der Waals surface area contributed by atoms with Crippen LogP contribution >= 0.6 is 0 Å². The van der Waals surface area contributed by atoms with Gasteiger partial charge in [0, 0.05) is 31.4 Å². The van der Waals surface area contributed by atoms with E-state index in [0.29, 0.717) is 18.7 Å². The van der Waals surface area contributed by atoms with Crippen LogP contribution in [0.3, 0.4) is 0 Å². The van der Waals surface area contributed by atoms with Crippen LogP contribution in [0.2, 0.25) is 0 Å². The molecule has 0 saturated heterocycles. The SMILES string of the molecule is COc1cc(F)ccc1NC(=O)NCCc1cn2ccccc2n1. The number of ether oxygens (including phenoxy) is 1. The van der Waals surface area contributed by atoms with Gasteiger partial charge in [-0.2, -0.15) is 0 Å². The van der Waals surface area contributed by atoms with Crippen molar-refractivity contribution >= 4 is 17.4 Å². The van der Waals surface area contributed by atoms with Crippen LogP contribution in [0.25, 0.3) is 5.65 Å². The lowest BCUT2D eigenvalue weighted by atomic mass is 10.3. The summed E-state index contributed by atoms with van der Waals surface area (Å²) in [6.07, 6.45) is 4.46. The Kier molecular flexibility index (Phi) is 4.60. The number of hydrogen-bond donors (Lipinski definition) is 2. The smallest absolute Gasteiger partial charge is 0.319 e. The summed E-state index contributed by atoms with van der Waals surface area (Å²) in [5, 5.41) is 5.38. The molecule has 3 rings (SSSR count). The summed E-state index contributed by atoms with van der Waals surface area (Å²) in [6, 6.07) is 9.32. The van der Waals surface area contributed by atoms with E-state index in [1.165, 1.54) is 25.3 Å². The zero-order valence-electron chi connectivity index (χ0n) is 13.1. The first-order valence-electron chi connectivity index (χ1n) is 7.47. The number of nitrogens with one attached hydrogen (secondary N) is 2. The summed E-state index contributed by atoms with van der Waals surface area (Å²) in [5.41, 5.74) is 2.16. The predicted octanol–water partition coefficient (Wildman–Crippen LogP) is 2.85. The number of carbonyl (C=O) groups is 1. The summed E-state index contributed by atoms with van der Waals surface area (Å²) in [5.74, 6) is -0.157. The molecule has 6 nitrogen and oxygen atoms in total. The molecule has 7 heteroatoms. The van der Waals surface area contributed by atoms with Crippen LogP contribution in [0, 0.1) is 5.82 Å². The number of hydrogen-bond acceptors (Lipinski definition) is 3. The highest BCUT2D eigenvalue weighted by atomic mass is 19.1. The molecule has 0 spiro atoms. The lowest BCUT2D eigenvalue weighted by molar-refractivity contribution is 0.252. The molecule has 2 N–H and O–H groups in total. The number of methoxy groups -OCH3 is 1. The molecule has 2 amide bonds. The monoisotopic (exact) mass is 328 g/mol. The Bertz CT molecular complexity index is 830. The Morgan fingerprint density at radius 3 is 3.00 bits per heavy atom. The number of benzene rings is 1.